The predicted molar refractivity (Wildman–Crippen MR) is 92.7 cm³/mol. The van der Waals surface area contributed by atoms with Gasteiger partial charge in [0.15, 0.2) is 0 Å². The molecule has 1 fully saturated rings. The van der Waals surface area contributed by atoms with Crippen molar-refractivity contribution in [1.82, 2.24) is 18.8 Å². The van der Waals surface area contributed by atoms with Crippen LogP contribution in [0, 0.1) is 6.92 Å². The molecule has 0 atom stereocenters. The van der Waals surface area contributed by atoms with E-state index in [-0.39, 0.29) is 42.5 Å². The van der Waals surface area contributed by atoms with Gasteiger partial charge in [-0.3, -0.25) is 4.79 Å². The molecule has 0 bridgehead atoms. The number of carboxylic acid groups (broad SMARTS) is 1. The largest absolute Gasteiger partial charge is 0.478 e. The molecule has 138 valence electrons. The van der Waals surface area contributed by atoms with Crippen molar-refractivity contribution in [1.29, 1.82) is 0 Å². The molecule has 1 aromatic carbocycles. The highest BCUT2D eigenvalue weighted by Gasteiger charge is 2.31. The molecule has 1 amide bonds. The van der Waals surface area contributed by atoms with Crippen LogP contribution in [0.2, 0.25) is 0 Å². The first-order valence-electron chi connectivity index (χ1n) is 7.72. The van der Waals surface area contributed by atoms with E-state index in [1.165, 1.54) is 28.6 Å². The van der Waals surface area contributed by atoms with E-state index in [9.17, 15) is 18.0 Å². The van der Waals surface area contributed by atoms with Gasteiger partial charge in [0.05, 0.1) is 16.2 Å². The number of piperazine rings is 1. The summed E-state index contributed by atoms with van der Waals surface area (Å²) >= 11 is 1.03. The number of hydrogen-bond acceptors (Lipinski definition) is 7. The summed E-state index contributed by atoms with van der Waals surface area (Å²) in [4.78, 5) is 25.4. The maximum Gasteiger partial charge on any atom is 0.335 e. The smallest absolute Gasteiger partial charge is 0.335 e. The predicted octanol–water partition coefficient (Wildman–Crippen LogP) is 0.691. The highest BCUT2D eigenvalue weighted by Crippen LogP contribution is 2.20. The third-order valence-corrected chi connectivity index (χ3v) is 6.84. The molecule has 0 unspecified atom stereocenters. The van der Waals surface area contributed by atoms with Crippen LogP contribution in [-0.2, 0) is 10.0 Å². The molecule has 1 aromatic heterocycles. The number of sulfonamides is 1. The highest BCUT2D eigenvalue weighted by molar-refractivity contribution is 7.89. The number of carboxylic acids is 1. The van der Waals surface area contributed by atoms with Crippen LogP contribution in [0.5, 0.6) is 0 Å². The summed E-state index contributed by atoms with van der Waals surface area (Å²) in [6, 6.07) is 5.08. The third kappa shape index (κ3) is 3.45. The molecule has 26 heavy (non-hydrogen) atoms. The Morgan fingerprint density at radius 3 is 2.23 bits per heavy atom. The van der Waals surface area contributed by atoms with Crippen LogP contribution < -0.4 is 0 Å². The maximum atomic E-state index is 12.7. The summed E-state index contributed by atoms with van der Waals surface area (Å²) in [7, 11) is -3.74. The lowest BCUT2D eigenvalue weighted by Gasteiger charge is -2.33. The van der Waals surface area contributed by atoms with Crippen molar-refractivity contribution in [2.45, 2.75) is 11.8 Å². The van der Waals surface area contributed by atoms with Gasteiger partial charge in [-0.1, -0.05) is 4.49 Å². The third-order valence-electron chi connectivity index (χ3n) is 4.11. The molecule has 9 nitrogen and oxygen atoms in total. The van der Waals surface area contributed by atoms with Crippen molar-refractivity contribution in [3.63, 3.8) is 0 Å². The van der Waals surface area contributed by atoms with Crippen LogP contribution >= 0.6 is 11.5 Å². The zero-order valence-electron chi connectivity index (χ0n) is 13.8. The summed E-state index contributed by atoms with van der Waals surface area (Å²) in [5.41, 5.74) is 0.585. The van der Waals surface area contributed by atoms with Crippen LogP contribution in [0.4, 0.5) is 0 Å². The van der Waals surface area contributed by atoms with Gasteiger partial charge in [0.2, 0.25) is 10.0 Å². The number of hydrogen-bond donors (Lipinski definition) is 1. The van der Waals surface area contributed by atoms with Crippen molar-refractivity contribution in [3.8, 4) is 0 Å². The second-order valence-electron chi connectivity index (χ2n) is 5.71. The van der Waals surface area contributed by atoms with Gasteiger partial charge in [-0.25, -0.2) is 13.2 Å². The van der Waals surface area contributed by atoms with Gasteiger partial charge in [0, 0.05) is 26.2 Å². The Morgan fingerprint density at radius 2 is 1.73 bits per heavy atom. The number of amides is 1. The minimum absolute atomic E-state index is 0.0212. The topological polar surface area (TPSA) is 121 Å². The van der Waals surface area contributed by atoms with Crippen LogP contribution in [0.3, 0.4) is 0 Å². The van der Waals surface area contributed by atoms with Crippen LogP contribution in [0.15, 0.2) is 29.2 Å². The van der Waals surface area contributed by atoms with Crippen molar-refractivity contribution < 1.29 is 23.1 Å². The van der Waals surface area contributed by atoms with Gasteiger partial charge < -0.3 is 10.0 Å². The molecule has 1 N–H and O–H groups in total. The zero-order valence-corrected chi connectivity index (χ0v) is 15.5. The summed E-state index contributed by atoms with van der Waals surface area (Å²) in [6.07, 6.45) is 0. The molecule has 0 aliphatic carbocycles. The first-order chi connectivity index (χ1) is 12.3. The Bertz CT molecular complexity index is 931. The molecule has 1 saturated heterocycles. The summed E-state index contributed by atoms with van der Waals surface area (Å²) in [6.45, 7) is 2.57. The van der Waals surface area contributed by atoms with Gasteiger partial charge in [0.25, 0.3) is 5.91 Å². The monoisotopic (exact) mass is 396 g/mol. The number of aromatic nitrogens is 2. The van der Waals surface area contributed by atoms with Gasteiger partial charge in [-0.15, -0.1) is 5.10 Å². The first-order valence-corrected chi connectivity index (χ1v) is 9.94. The summed E-state index contributed by atoms with van der Waals surface area (Å²) in [5.74, 6) is -1.31. The van der Waals surface area contributed by atoms with E-state index in [0.29, 0.717) is 10.6 Å². The molecule has 3 rings (SSSR count). The lowest BCUT2D eigenvalue weighted by molar-refractivity contribution is 0.0691. The van der Waals surface area contributed by atoms with E-state index in [0.717, 1.165) is 11.5 Å². The molecule has 1 aliphatic rings. The minimum atomic E-state index is -3.74. The second kappa shape index (κ2) is 7.09. The Balaban J connectivity index is 1.69. The fourth-order valence-corrected chi connectivity index (χ4v) is 4.67. The Hall–Kier alpha value is -2.37. The normalized spacial score (nSPS) is 15.8. The summed E-state index contributed by atoms with van der Waals surface area (Å²) in [5, 5.41) is 12.7. The fraction of sp³-hybridized carbons (Fsp3) is 0.333. The number of carbonyl (C=O) groups is 2. The van der Waals surface area contributed by atoms with Crippen LogP contribution in [0.1, 0.15) is 25.7 Å². The lowest BCUT2D eigenvalue weighted by atomic mass is 10.2. The van der Waals surface area contributed by atoms with E-state index >= 15 is 0 Å². The SMILES string of the molecule is Cc1nnsc1C(=O)N1CCN(S(=O)(=O)c2ccc(C(=O)O)cc2)CC1. The van der Waals surface area contributed by atoms with Crippen LogP contribution in [-0.4, -0.2) is 70.4 Å². The van der Waals surface area contributed by atoms with E-state index < -0.39 is 16.0 Å². The number of nitrogens with zero attached hydrogens (tertiary/aromatic N) is 4. The molecular weight excluding hydrogens is 380 g/mol. The van der Waals surface area contributed by atoms with Crippen molar-refractivity contribution in [2.24, 2.45) is 0 Å². The molecule has 1 aliphatic heterocycles. The Labute approximate surface area is 154 Å². The van der Waals surface area contributed by atoms with E-state index in [1.807, 2.05) is 0 Å². The van der Waals surface area contributed by atoms with Gasteiger partial charge in [-0.2, -0.15) is 4.31 Å². The fourth-order valence-electron chi connectivity index (χ4n) is 2.62. The number of aryl methyl sites for hydroxylation is 1. The quantitative estimate of drug-likeness (QED) is 0.807. The Kier molecular flexibility index (Phi) is 5.03. The molecule has 0 saturated carbocycles. The molecule has 11 heteroatoms. The standard InChI is InChI=1S/C15H16N4O5S2/c1-10-13(25-17-16-10)14(20)18-6-8-19(9-7-18)26(23,24)12-4-2-11(3-5-12)15(21)22/h2-5H,6-9H2,1H3,(H,21,22). The van der Waals surface area contributed by atoms with Gasteiger partial charge in [-0.05, 0) is 42.7 Å². The average Bonchev–Trinajstić information content (AvgIpc) is 3.07. The van der Waals surface area contributed by atoms with E-state index in [1.54, 1.807) is 11.8 Å². The van der Waals surface area contributed by atoms with E-state index in [4.69, 9.17) is 5.11 Å². The van der Waals surface area contributed by atoms with Crippen LogP contribution in [0.25, 0.3) is 0 Å². The van der Waals surface area contributed by atoms with Crippen molar-refractivity contribution in [3.05, 3.63) is 40.4 Å². The lowest BCUT2D eigenvalue weighted by Crippen LogP contribution is -2.50. The zero-order chi connectivity index (χ0) is 18.9. The molecule has 0 spiro atoms. The molecule has 2 aromatic rings. The number of rotatable bonds is 4. The molecular formula is C15H16N4O5S2. The molecule has 0 radical (unpaired) electrons. The summed E-state index contributed by atoms with van der Waals surface area (Å²) < 4.78 is 30.4. The Morgan fingerprint density at radius 1 is 1.12 bits per heavy atom. The van der Waals surface area contributed by atoms with Gasteiger partial charge in [0.1, 0.15) is 4.88 Å². The van der Waals surface area contributed by atoms with Crippen molar-refractivity contribution in [2.75, 3.05) is 26.2 Å². The highest BCUT2D eigenvalue weighted by atomic mass is 32.2. The minimum Gasteiger partial charge on any atom is -0.478 e. The number of aromatic carboxylic acids is 1. The van der Waals surface area contributed by atoms with E-state index in [2.05, 4.69) is 9.59 Å². The molecule has 2 heterocycles. The maximum absolute atomic E-state index is 12.7. The first kappa shape index (κ1) is 18.4. The average molecular weight is 396 g/mol. The van der Waals surface area contributed by atoms with Gasteiger partial charge >= 0.3 is 5.97 Å². The number of benzene rings is 1. The number of carbonyl (C=O) groups excluding carboxylic acids is 1. The second-order valence-corrected chi connectivity index (χ2v) is 8.41. The van der Waals surface area contributed by atoms with Crippen molar-refractivity contribution >= 4 is 33.4 Å².